The fraction of sp³-hybridized carbons (Fsp3) is 0.550. The molecular weight excluding hydrogens is 304 g/mol. The van der Waals surface area contributed by atoms with Crippen molar-refractivity contribution >= 4 is 11.5 Å². The van der Waals surface area contributed by atoms with Crippen molar-refractivity contribution in [1.29, 1.82) is 0 Å². The van der Waals surface area contributed by atoms with Crippen LogP contribution in [0.15, 0.2) is 36.4 Å². The molecule has 4 heteroatoms. The molecule has 0 radical (unpaired) electrons. The second kappa shape index (κ2) is 6.69. The van der Waals surface area contributed by atoms with Crippen molar-refractivity contribution in [3.63, 3.8) is 0 Å². The van der Waals surface area contributed by atoms with Crippen LogP contribution < -0.4 is 0 Å². The van der Waals surface area contributed by atoms with Crippen LogP contribution in [-0.4, -0.2) is 32.6 Å². The molecule has 128 valence electrons. The van der Waals surface area contributed by atoms with Crippen molar-refractivity contribution in [2.75, 3.05) is 20.3 Å². The van der Waals surface area contributed by atoms with Crippen LogP contribution in [0.4, 0.5) is 0 Å². The average molecular weight is 328 g/mol. The molecule has 1 aromatic rings. The highest BCUT2D eigenvalue weighted by Gasteiger charge is 2.49. The van der Waals surface area contributed by atoms with Crippen LogP contribution in [0, 0.1) is 23.7 Å². The highest BCUT2D eigenvalue weighted by molar-refractivity contribution is 5.76. The third-order valence-corrected chi connectivity index (χ3v) is 5.79. The predicted molar refractivity (Wildman–Crippen MR) is 89.9 cm³/mol. The van der Waals surface area contributed by atoms with Gasteiger partial charge >= 0.3 is 5.97 Å². The first-order valence-corrected chi connectivity index (χ1v) is 8.85. The van der Waals surface area contributed by atoms with Crippen LogP contribution >= 0.6 is 0 Å². The second-order valence-electron chi connectivity index (χ2n) is 6.99. The van der Waals surface area contributed by atoms with Crippen molar-refractivity contribution < 1.29 is 19.0 Å². The first-order chi connectivity index (χ1) is 11.8. The van der Waals surface area contributed by atoms with Gasteiger partial charge in [0.2, 0.25) is 0 Å². The SMILES string of the molecule is COC(=O)[C@H]1[C@@H]2CC(c3ccccc3)=C[C@@H]2CC[C@@H]1C1OCCO1. The predicted octanol–water partition coefficient (Wildman–Crippen LogP) is 3.28. The second-order valence-corrected chi connectivity index (χ2v) is 6.99. The van der Waals surface area contributed by atoms with E-state index in [9.17, 15) is 4.79 Å². The molecule has 1 saturated heterocycles. The quantitative estimate of drug-likeness (QED) is 0.799. The maximum atomic E-state index is 12.6. The Morgan fingerprint density at radius 1 is 1.08 bits per heavy atom. The van der Waals surface area contributed by atoms with Gasteiger partial charge in [0.05, 0.1) is 26.2 Å². The Kier molecular flexibility index (Phi) is 4.42. The largest absolute Gasteiger partial charge is 0.469 e. The van der Waals surface area contributed by atoms with Crippen molar-refractivity contribution in [3.8, 4) is 0 Å². The summed E-state index contributed by atoms with van der Waals surface area (Å²) < 4.78 is 16.6. The third kappa shape index (κ3) is 2.78. The van der Waals surface area contributed by atoms with Gasteiger partial charge in [-0.3, -0.25) is 4.79 Å². The van der Waals surface area contributed by atoms with Gasteiger partial charge in [-0.2, -0.15) is 0 Å². The molecule has 0 aromatic heterocycles. The number of carbonyl (C=O) groups excluding carboxylic acids is 1. The van der Waals surface area contributed by atoms with Crippen molar-refractivity contribution in [3.05, 3.63) is 42.0 Å². The Balaban J connectivity index is 1.59. The van der Waals surface area contributed by atoms with E-state index in [4.69, 9.17) is 14.2 Å². The lowest BCUT2D eigenvalue weighted by Gasteiger charge is -2.40. The number of rotatable bonds is 3. The van der Waals surface area contributed by atoms with Crippen molar-refractivity contribution in [2.45, 2.75) is 25.6 Å². The average Bonchev–Trinajstić information content (AvgIpc) is 3.30. The van der Waals surface area contributed by atoms with E-state index < -0.39 is 0 Å². The molecule has 0 unspecified atom stereocenters. The van der Waals surface area contributed by atoms with Gasteiger partial charge in [-0.15, -0.1) is 0 Å². The number of benzene rings is 1. The first-order valence-electron chi connectivity index (χ1n) is 8.85. The number of hydrogen-bond acceptors (Lipinski definition) is 4. The highest BCUT2D eigenvalue weighted by atomic mass is 16.7. The standard InChI is InChI=1S/C20H24O4/c1-22-19(21)18-16(20-23-9-10-24-20)8-7-14-11-15(12-17(14)18)13-5-3-2-4-6-13/h2-6,11,14,16-18,20H,7-10,12H2,1H3/t14-,16-,17+,18+/m0/s1. The summed E-state index contributed by atoms with van der Waals surface area (Å²) >= 11 is 0. The highest BCUT2D eigenvalue weighted by Crippen LogP contribution is 2.51. The van der Waals surface area contributed by atoms with Gasteiger partial charge in [-0.1, -0.05) is 36.4 Å². The lowest BCUT2D eigenvalue weighted by atomic mass is 9.67. The fourth-order valence-electron chi connectivity index (χ4n) is 4.71. The monoisotopic (exact) mass is 328 g/mol. The topological polar surface area (TPSA) is 44.8 Å². The van der Waals surface area contributed by atoms with Crippen molar-refractivity contribution in [1.82, 2.24) is 0 Å². The number of fused-ring (bicyclic) bond motifs is 1. The maximum Gasteiger partial charge on any atom is 0.309 e. The normalized spacial score (nSPS) is 33.1. The molecule has 4 nitrogen and oxygen atoms in total. The van der Waals surface area contributed by atoms with E-state index >= 15 is 0 Å². The summed E-state index contributed by atoms with van der Waals surface area (Å²) in [5.41, 5.74) is 2.62. The van der Waals surface area contributed by atoms with E-state index in [0.717, 1.165) is 19.3 Å². The molecule has 0 amide bonds. The van der Waals surface area contributed by atoms with E-state index in [1.165, 1.54) is 18.2 Å². The van der Waals surface area contributed by atoms with Crippen LogP contribution in [0.25, 0.3) is 5.57 Å². The Morgan fingerprint density at radius 2 is 1.83 bits per heavy atom. The van der Waals surface area contributed by atoms with Crippen LogP contribution in [-0.2, 0) is 19.0 Å². The van der Waals surface area contributed by atoms with Gasteiger partial charge in [0.25, 0.3) is 0 Å². The number of carbonyl (C=O) groups is 1. The minimum Gasteiger partial charge on any atom is -0.469 e. The smallest absolute Gasteiger partial charge is 0.309 e. The Hall–Kier alpha value is -1.65. The van der Waals surface area contributed by atoms with E-state index in [-0.39, 0.29) is 24.1 Å². The number of methoxy groups -OCH3 is 1. The zero-order valence-electron chi connectivity index (χ0n) is 14.0. The van der Waals surface area contributed by atoms with E-state index in [1.54, 1.807) is 0 Å². The molecule has 0 spiro atoms. The molecule has 2 aliphatic carbocycles. The molecule has 24 heavy (non-hydrogen) atoms. The number of esters is 1. The summed E-state index contributed by atoms with van der Waals surface area (Å²) in [5.74, 6) is 0.580. The van der Waals surface area contributed by atoms with E-state index in [1.807, 2.05) is 6.07 Å². The third-order valence-electron chi connectivity index (χ3n) is 5.79. The van der Waals surface area contributed by atoms with Crippen LogP contribution in [0.5, 0.6) is 0 Å². The molecule has 4 atom stereocenters. The zero-order chi connectivity index (χ0) is 16.5. The molecule has 2 fully saturated rings. The molecule has 4 rings (SSSR count). The summed E-state index contributed by atoms with van der Waals surface area (Å²) in [6.45, 7) is 1.24. The van der Waals surface area contributed by atoms with Gasteiger partial charge in [-0.05, 0) is 42.2 Å². The van der Waals surface area contributed by atoms with Gasteiger partial charge < -0.3 is 14.2 Å². The van der Waals surface area contributed by atoms with Crippen LogP contribution in [0.1, 0.15) is 24.8 Å². The molecule has 3 aliphatic rings. The summed E-state index contributed by atoms with van der Waals surface area (Å²) in [6.07, 6.45) is 5.09. The van der Waals surface area contributed by atoms with E-state index in [2.05, 4.69) is 30.3 Å². The van der Waals surface area contributed by atoms with Crippen molar-refractivity contribution in [2.24, 2.45) is 23.7 Å². The number of allylic oxidation sites excluding steroid dienone is 2. The lowest BCUT2D eigenvalue weighted by molar-refractivity contribution is -0.167. The molecule has 1 aliphatic heterocycles. The van der Waals surface area contributed by atoms with Crippen LogP contribution in [0.3, 0.4) is 0 Å². The van der Waals surface area contributed by atoms with Crippen LogP contribution in [0.2, 0.25) is 0 Å². The fourth-order valence-corrected chi connectivity index (χ4v) is 4.71. The zero-order valence-corrected chi connectivity index (χ0v) is 14.0. The maximum absolute atomic E-state index is 12.6. The Bertz CT molecular complexity index is 618. The Morgan fingerprint density at radius 3 is 2.54 bits per heavy atom. The van der Waals surface area contributed by atoms with Gasteiger partial charge in [0.15, 0.2) is 6.29 Å². The van der Waals surface area contributed by atoms with E-state index in [0.29, 0.717) is 25.0 Å². The molecule has 1 saturated carbocycles. The minimum atomic E-state index is -0.254. The Labute approximate surface area is 142 Å². The number of ether oxygens (including phenoxy) is 3. The molecule has 0 N–H and O–H groups in total. The summed E-state index contributed by atoms with van der Waals surface area (Å²) in [4.78, 5) is 12.6. The first kappa shape index (κ1) is 15.9. The van der Waals surface area contributed by atoms with Gasteiger partial charge in [0, 0.05) is 5.92 Å². The van der Waals surface area contributed by atoms with Gasteiger partial charge in [0.1, 0.15) is 0 Å². The summed E-state index contributed by atoms with van der Waals surface area (Å²) in [5, 5.41) is 0. The summed E-state index contributed by atoms with van der Waals surface area (Å²) in [7, 11) is 1.49. The molecular formula is C20H24O4. The molecule has 1 aromatic carbocycles. The minimum absolute atomic E-state index is 0.102. The molecule has 1 heterocycles. The molecule has 0 bridgehead atoms. The lowest BCUT2D eigenvalue weighted by Crippen LogP contribution is -2.43. The van der Waals surface area contributed by atoms with Gasteiger partial charge in [-0.25, -0.2) is 0 Å². The summed E-state index contributed by atoms with van der Waals surface area (Å²) in [6, 6.07) is 10.5. The number of hydrogen-bond donors (Lipinski definition) is 0.